The average Bonchev–Trinajstić information content (AvgIpc) is 3.03. The first-order chi connectivity index (χ1) is 20.6. The molecule has 3 aromatic carbocycles. The monoisotopic (exact) mass is 598 g/mol. The van der Waals surface area contributed by atoms with E-state index in [0.29, 0.717) is 22.5 Å². The second-order valence-corrected chi connectivity index (χ2v) is 12.4. The number of fused-ring (bicyclic) bond motifs is 1. The lowest BCUT2D eigenvalue weighted by Crippen LogP contribution is -2.54. The highest BCUT2D eigenvalue weighted by molar-refractivity contribution is 6.13. The molecule has 0 radical (unpaired) electrons. The van der Waals surface area contributed by atoms with E-state index in [1.54, 1.807) is 43.3 Å². The van der Waals surface area contributed by atoms with Crippen LogP contribution in [0.5, 0.6) is 0 Å². The van der Waals surface area contributed by atoms with Gasteiger partial charge in [-0.2, -0.15) is 0 Å². The minimum absolute atomic E-state index is 0.0269. The van der Waals surface area contributed by atoms with Gasteiger partial charge in [-0.3, -0.25) is 14.4 Å². The molecule has 0 aliphatic carbocycles. The van der Waals surface area contributed by atoms with Crippen molar-refractivity contribution in [3.63, 3.8) is 0 Å². The number of aromatic carboxylic acids is 1. The van der Waals surface area contributed by atoms with Crippen LogP contribution >= 0.6 is 0 Å². The van der Waals surface area contributed by atoms with Gasteiger partial charge in [-0.1, -0.05) is 57.2 Å². The topological polar surface area (TPSA) is 136 Å². The van der Waals surface area contributed by atoms with Gasteiger partial charge in [0.25, 0.3) is 5.91 Å². The van der Waals surface area contributed by atoms with Crippen LogP contribution in [0.1, 0.15) is 64.6 Å². The lowest BCUT2D eigenvalue weighted by molar-refractivity contribution is -0.121. The Morgan fingerprint density at radius 2 is 1.57 bits per heavy atom. The van der Waals surface area contributed by atoms with Gasteiger partial charge in [0.1, 0.15) is 6.04 Å². The summed E-state index contributed by atoms with van der Waals surface area (Å²) in [5.41, 5.74) is 3.33. The third-order valence-corrected chi connectivity index (χ3v) is 7.40. The second kappa shape index (κ2) is 12.7. The minimum atomic E-state index is -1.22. The van der Waals surface area contributed by atoms with E-state index in [0.717, 1.165) is 11.1 Å². The van der Waals surface area contributed by atoms with Gasteiger partial charge in [0.15, 0.2) is 5.78 Å². The average molecular weight is 599 g/mol. The van der Waals surface area contributed by atoms with Crippen LogP contribution in [0.3, 0.4) is 0 Å². The number of carboxylic acid groups (broad SMARTS) is 1. The molecule has 0 saturated heterocycles. The largest absolute Gasteiger partial charge is 0.478 e. The fraction of sp³-hybridized carbons (Fsp3) is 0.324. The molecule has 3 aromatic rings. The zero-order chi connectivity index (χ0) is 32.3. The van der Waals surface area contributed by atoms with Gasteiger partial charge in [0, 0.05) is 17.7 Å². The number of anilines is 3. The van der Waals surface area contributed by atoms with Crippen LogP contribution in [0, 0.1) is 26.2 Å². The summed E-state index contributed by atoms with van der Waals surface area (Å²) in [7, 11) is 0. The summed E-state index contributed by atoms with van der Waals surface area (Å²) >= 11 is 0. The summed E-state index contributed by atoms with van der Waals surface area (Å²) in [5.74, 6) is -2.22. The lowest BCUT2D eigenvalue weighted by Gasteiger charge is -2.28. The number of nitrogens with one attached hydrogen (secondary N) is 2. The van der Waals surface area contributed by atoms with Gasteiger partial charge in [0.2, 0.25) is 5.91 Å². The number of carbonyl (C=O) groups excluding carboxylic acids is 4. The summed E-state index contributed by atoms with van der Waals surface area (Å²) in [6, 6.07) is 14.9. The first-order valence-electron chi connectivity index (χ1n) is 14.4. The van der Waals surface area contributed by atoms with Crippen molar-refractivity contribution < 1.29 is 29.1 Å². The number of ketones is 1. The van der Waals surface area contributed by atoms with Gasteiger partial charge < -0.3 is 25.5 Å². The van der Waals surface area contributed by atoms with Crippen LogP contribution in [0.15, 0.2) is 60.7 Å². The van der Waals surface area contributed by atoms with Crippen molar-refractivity contribution in [1.82, 2.24) is 5.32 Å². The van der Waals surface area contributed by atoms with E-state index >= 15 is 0 Å². The van der Waals surface area contributed by atoms with Crippen molar-refractivity contribution in [1.29, 1.82) is 0 Å². The molecule has 0 fully saturated rings. The Morgan fingerprint density at radius 3 is 2.23 bits per heavy atom. The standard InChI is InChI=1S/C34H38N4O6/c1-20-11-14-27-28(15-20)38(19-29(39)24-10-8-7-9-21(24)2)31(41)26(18-37(27)30(40)17-34(4,5)6)36-33(44)35-23-13-12-22(3)25(16-23)32(42)43/h7-16,26H,17-19H2,1-6H3,(H,42,43)(H2,35,36,44). The third-order valence-electron chi connectivity index (χ3n) is 7.40. The Kier molecular flexibility index (Phi) is 9.22. The number of nitrogens with zero attached hydrogens (tertiary/aromatic N) is 2. The molecule has 44 heavy (non-hydrogen) atoms. The van der Waals surface area contributed by atoms with E-state index < -0.39 is 23.9 Å². The summed E-state index contributed by atoms with van der Waals surface area (Å²) in [6.07, 6.45) is 0.177. The Morgan fingerprint density at radius 1 is 0.886 bits per heavy atom. The summed E-state index contributed by atoms with van der Waals surface area (Å²) < 4.78 is 0. The van der Waals surface area contributed by atoms with Gasteiger partial charge in [-0.15, -0.1) is 0 Å². The number of Topliss-reactive ketones (excluding diaryl/α,β-unsaturated/α-hetero) is 1. The molecule has 1 heterocycles. The molecule has 4 rings (SSSR count). The van der Waals surface area contributed by atoms with Gasteiger partial charge in [0.05, 0.1) is 30.0 Å². The number of rotatable bonds is 7. The Balaban J connectivity index is 1.73. The number of carboxylic acids is 1. The van der Waals surface area contributed by atoms with E-state index in [4.69, 9.17) is 0 Å². The highest BCUT2D eigenvalue weighted by atomic mass is 16.4. The quantitative estimate of drug-likeness (QED) is 0.307. The van der Waals surface area contributed by atoms with Crippen molar-refractivity contribution in [2.24, 2.45) is 5.41 Å². The third kappa shape index (κ3) is 7.31. The number of amides is 4. The first kappa shape index (κ1) is 31.9. The fourth-order valence-electron chi connectivity index (χ4n) is 5.17. The maximum Gasteiger partial charge on any atom is 0.336 e. The molecule has 1 unspecified atom stereocenters. The van der Waals surface area contributed by atoms with Crippen molar-refractivity contribution in [3.8, 4) is 0 Å². The molecule has 1 atom stereocenters. The highest BCUT2D eigenvalue weighted by Crippen LogP contribution is 2.36. The summed E-state index contributed by atoms with van der Waals surface area (Å²) in [4.78, 5) is 69.1. The van der Waals surface area contributed by atoms with Crippen LogP contribution < -0.4 is 20.4 Å². The maximum atomic E-state index is 14.2. The summed E-state index contributed by atoms with van der Waals surface area (Å²) in [6.45, 7) is 10.7. The zero-order valence-electron chi connectivity index (χ0n) is 25.9. The Hall–Kier alpha value is -4.99. The smallest absolute Gasteiger partial charge is 0.336 e. The van der Waals surface area contributed by atoms with E-state index in [-0.39, 0.29) is 47.9 Å². The molecule has 230 valence electrons. The van der Waals surface area contributed by atoms with E-state index in [1.165, 1.54) is 15.9 Å². The van der Waals surface area contributed by atoms with Gasteiger partial charge in [-0.25, -0.2) is 9.59 Å². The number of benzene rings is 3. The normalized spacial score (nSPS) is 14.9. The molecule has 0 aromatic heterocycles. The van der Waals surface area contributed by atoms with E-state index in [1.807, 2.05) is 52.8 Å². The van der Waals surface area contributed by atoms with Gasteiger partial charge >= 0.3 is 12.0 Å². The molecule has 0 saturated carbocycles. The van der Waals surface area contributed by atoms with Gasteiger partial charge in [-0.05, 0) is 67.1 Å². The number of carbonyl (C=O) groups is 5. The number of hydrogen-bond donors (Lipinski definition) is 3. The molecule has 4 amide bonds. The summed E-state index contributed by atoms with van der Waals surface area (Å²) in [5, 5.41) is 14.8. The molecule has 1 aliphatic rings. The molecule has 1 aliphatic heterocycles. The first-order valence-corrected chi connectivity index (χ1v) is 14.4. The zero-order valence-corrected chi connectivity index (χ0v) is 25.9. The SMILES string of the molecule is Cc1ccc2c(c1)N(CC(=O)c1ccccc1C)C(=O)C(NC(=O)Nc1ccc(C)c(C(=O)O)c1)CN2C(=O)CC(C)(C)C. The molecular weight excluding hydrogens is 560 g/mol. The number of urea groups is 1. The van der Waals surface area contributed by atoms with Crippen molar-refractivity contribution >= 4 is 46.7 Å². The van der Waals surface area contributed by atoms with E-state index in [9.17, 15) is 29.1 Å². The van der Waals surface area contributed by atoms with Crippen molar-refractivity contribution in [2.45, 2.75) is 54.0 Å². The van der Waals surface area contributed by atoms with Crippen LogP contribution in [-0.4, -0.2) is 53.8 Å². The number of aryl methyl sites for hydroxylation is 3. The molecule has 0 bridgehead atoms. The second-order valence-electron chi connectivity index (χ2n) is 12.4. The van der Waals surface area contributed by atoms with Crippen molar-refractivity contribution in [2.75, 3.05) is 28.2 Å². The highest BCUT2D eigenvalue weighted by Gasteiger charge is 2.38. The fourth-order valence-corrected chi connectivity index (χ4v) is 5.17. The van der Waals surface area contributed by atoms with E-state index in [2.05, 4.69) is 10.6 Å². The molecule has 3 N–H and O–H groups in total. The predicted molar refractivity (Wildman–Crippen MR) is 170 cm³/mol. The van der Waals surface area contributed by atoms with Crippen LogP contribution in [0.25, 0.3) is 0 Å². The van der Waals surface area contributed by atoms with Crippen LogP contribution in [-0.2, 0) is 9.59 Å². The molecular formula is C34H38N4O6. The molecule has 10 nitrogen and oxygen atoms in total. The predicted octanol–water partition coefficient (Wildman–Crippen LogP) is 5.50. The lowest BCUT2D eigenvalue weighted by atomic mass is 9.91. The maximum absolute atomic E-state index is 14.2. The molecule has 10 heteroatoms. The van der Waals surface area contributed by atoms with Crippen LogP contribution in [0.4, 0.5) is 21.9 Å². The Labute approximate surface area is 257 Å². The van der Waals surface area contributed by atoms with Crippen LogP contribution in [0.2, 0.25) is 0 Å². The number of hydrogen-bond acceptors (Lipinski definition) is 5. The minimum Gasteiger partial charge on any atom is -0.478 e. The Bertz CT molecular complexity index is 1640. The molecule has 0 spiro atoms. The van der Waals surface area contributed by atoms with Crippen molar-refractivity contribution in [3.05, 3.63) is 88.5 Å².